The summed E-state index contributed by atoms with van der Waals surface area (Å²) in [6.07, 6.45) is 0. The highest BCUT2D eigenvalue weighted by atomic mass is 19.1. The van der Waals surface area contributed by atoms with Crippen LogP contribution in [0.15, 0.2) is 48.5 Å². The number of hydrogen-bond donors (Lipinski definition) is 0. The van der Waals surface area contributed by atoms with Crippen LogP contribution in [-0.2, 0) is 4.79 Å². The van der Waals surface area contributed by atoms with Gasteiger partial charge in [-0.15, -0.1) is 0 Å². The monoisotopic (exact) mass is 356 g/mol. The third-order valence-electron chi connectivity index (χ3n) is 4.46. The minimum atomic E-state index is -0.615. The Morgan fingerprint density at radius 2 is 1.85 bits per heavy atom. The number of para-hydroxylation sites is 2. The molecule has 2 amide bonds. The molecule has 0 spiro atoms. The van der Waals surface area contributed by atoms with Crippen LogP contribution in [0.4, 0.5) is 10.1 Å². The average Bonchev–Trinajstić information content (AvgIpc) is 2.65. The molecule has 5 nitrogen and oxygen atoms in total. The highest BCUT2D eigenvalue weighted by Gasteiger charge is 2.36. The van der Waals surface area contributed by atoms with E-state index in [-0.39, 0.29) is 11.8 Å². The number of amides is 2. The summed E-state index contributed by atoms with van der Waals surface area (Å²) in [7, 11) is 0. The minimum absolute atomic E-state index is 0.168. The van der Waals surface area contributed by atoms with Crippen LogP contribution in [0.5, 0.6) is 5.75 Å². The lowest BCUT2D eigenvalue weighted by molar-refractivity contribution is -0.124. The molecule has 0 saturated carbocycles. The van der Waals surface area contributed by atoms with E-state index in [1.165, 1.54) is 29.2 Å². The maximum atomic E-state index is 13.1. The number of carbonyl (C=O) groups excluding carboxylic acids is 2. The predicted octanol–water partition coefficient (Wildman–Crippen LogP) is 3.10. The first-order valence-electron chi connectivity index (χ1n) is 8.62. The van der Waals surface area contributed by atoms with Gasteiger partial charge in [0, 0.05) is 18.7 Å². The quantitative estimate of drug-likeness (QED) is 0.846. The molecule has 26 heavy (non-hydrogen) atoms. The highest BCUT2D eigenvalue weighted by molar-refractivity contribution is 6.04. The maximum Gasteiger partial charge on any atom is 0.254 e. The number of nitrogens with zero attached hydrogens (tertiary/aromatic N) is 2. The zero-order chi connectivity index (χ0) is 18.7. The fraction of sp³-hybridized carbons (Fsp3) is 0.300. The summed E-state index contributed by atoms with van der Waals surface area (Å²) in [5.74, 6) is -0.195. The van der Waals surface area contributed by atoms with Crippen molar-refractivity contribution in [1.29, 1.82) is 0 Å². The van der Waals surface area contributed by atoms with Gasteiger partial charge in [-0.25, -0.2) is 4.39 Å². The van der Waals surface area contributed by atoms with E-state index in [0.717, 1.165) is 0 Å². The largest absolute Gasteiger partial charge is 0.492 e. The van der Waals surface area contributed by atoms with Gasteiger partial charge in [-0.05, 0) is 50.2 Å². The zero-order valence-electron chi connectivity index (χ0n) is 14.8. The molecule has 3 rings (SSSR count). The van der Waals surface area contributed by atoms with Gasteiger partial charge in [0.15, 0.2) is 0 Å². The van der Waals surface area contributed by atoms with E-state index in [9.17, 15) is 14.0 Å². The van der Waals surface area contributed by atoms with Gasteiger partial charge >= 0.3 is 0 Å². The third-order valence-corrected chi connectivity index (χ3v) is 4.46. The van der Waals surface area contributed by atoms with Crippen LogP contribution in [0, 0.1) is 5.82 Å². The van der Waals surface area contributed by atoms with Crippen LogP contribution in [-0.4, -0.2) is 42.5 Å². The Kier molecular flexibility index (Phi) is 5.21. The second-order valence-corrected chi connectivity index (χ2v) is 6.07. The van der Waals surface area contributed by atoms with Crippen molar-refractivity contribution >= 4 is 17.5 Å². The zero-order valence-corrected chi connectivity index (χ0v) is 14.8. The van der Waals surface area contributed by atoms with Crippen molar-refractivity contribution < 1.29 is 18.7 Å². The molecule has 1 heterocycles. The van der Waals surface area contributed by atoms with Crippen molar-refractivity contribution in [1.82, 2.24) is 4.90 Å². The third kappa shape index (κ3) is 3.40. The molecule has 136 valence electrons. The van der Waals surface area contributed by atoms with Crippen molar-refractivity contribution in [3.05, 3.63) is 59.9 Å². The first-order valence-corrected chi connectivity index (χ1v) is 8.62. The average molecular weight is 356 g/mol. The molecule has 0 radical (unpaired) electrons. The molecule has 2 aromatic rings. The molecule has 1 aliphatic heterocycles. The Labute approximate surface area is 152 Å². The van der Waals surface area contributed by atoms with Gasteiger partial charge in [-0.2, -0.15) is 0 Å². The Balaban J connectivity index is 1.81. The molecule has 0 aromatic heterocycles. The fourth-order valence-electron chi connectivity index (χ4n) is 3.10. The number of benzene rings is 2. The molecule has 1 aliphatic rings. The standard InChI is InChI=1S/C20H21FN2O3/c1-3-26-18-7-5-4-6-17(18)23-13-12-22(14(2)19(23)24)20(25)15-8-10-16(21)11-9-15/h4-11,14H,3,12-13H2,1-2H3/t14-/m1/s1. The predicted molar refractivity (Wildman–Crippen MR) is 96.9 cm³/mol. The second-order valence-electron chi connectivity index (χ2n) is 6.07. The van der Waals surface area contributed by atoms with Crippen LogP contribution in [0.3, 0.4) is 0 Å². The molecule has 1 fully saturated rings. The number of piperazine rings is 1. The van der Waals surface area contributed by atoms with E-state index in [1.807, 2.05) is 31.2 Å². The van der Waals surface area contributed by atoms with E-state index in [0.29, 0.717) is 36.7 Å². The molecular formula is C20H21FN2O3. The van der Waals surface area contributed by atoms with Crippen LogP contribution in [0.1, 0.15) is 24.2 Å². The van der Waals surface area contributed by atoms with Gasteiger partial charge in [-0.3, -0.25) is 9.59 Å². The van der Waals surface area contributed by atoms with E-state index in [1.54, 1.807) is 11.8 Å². The minimum Gasteiger partial charge on any atom is -0.492 e. The normalized spacial score (nSPS) is 17.3. The van der Waals surface area contributed by atoms with Gasteiger partial charge in [0.05, 0.1) is 12.3 Å². The van der Waals surface area contributed by atoms with Crippen molar-refractivity contribution in [2.75, 3.05) is 24.6 Å². The van der Waals surface area contributed by atoms with Crippen LogP contribution in [0.25, 0.3) is 0 Å². The first kappa shape index (κ1) is 17.9. The molecule has 2 aromatic carbocycles. The SMILES string of the molecule is CCOc1ccccc1N1CCN(C(=O)c2ccc(F)cc2)[C@H](C)C1=O. The Morgan fingerprint density at radius 3 is 2.54 bits per heavy atom. The fourth-order valence-corrected chi connectivity index (χ4v) is 3.10. The van der Waals surface area contributed by atoms with Crippen molar-refractivity contribution in [3.8, 4) is 5.75 Å². The van der Waals surface area contributed by atoms with E-state index in [2.05, 4.69) is 0 Å². The molecule has 0 unspecified atom stereocenters. The highest BCUT2D eigenvalue weighted by Crippen LogP contribution is 2.30. The molecule has 1 saturated heterocycles. The maximum absolute atomic E-state index is 13.1. The molecular weight excluding hydrogens is 335 g/mol. The Hall–Kier alpha value is -2.89. The number of anilines is 1. The first-order chi connectivity index (χ1) is 12.5. The summed E-state index contributed by atoms with van der Waals surface area (Å²) in [4.78, 5) is 28.8. The van der Waals surface area contributed by atoms with E-state index >= 15 is 0 Å². The van der Waals surface area contributed by atoms with Crippen molar-refractivity contribution in [3.63, 3.8) is 0 Å². The summed E-state index contributed by atoms with van der Waals surface area (Å²) in [5, 5.41) is 0. The number of halogens is 1. The smallest absolute Gasteiger partial charge is 0.254 e. The lowest BCUT2D eigenvalue weighted by atomic mass is 10.1. The van der Waals surface area contributed by atoms with Crippen molar-refractivity contribution in [2.24, 2.45) is 0 Å². The summed E-state index contributed by atoms with van der Waals surface area (Å²) in [5.41, 5.74) is 1.08. The van der Waals surface area contributed by atoms with Gasteiger partial charge in [0.1, 0.15) is 17.6 Å². The lowest BCUT2D eigenvalue weighted by Gasteiger charge is -2.39. The van der Waals surface area contributed by atoms with Crippen molar-refractivity contribution in [2.45, 2.75) is 19.9 Å². The summed E-state index contributed by atoms with van der Waals surface area (Å²) < 4.78 is 18.7. The summed E-state index contributed by atoms with van der Waals surface area (Å²) >= 11 is 0. The number of ether oxygens (including phenoxy) is 1. The molecule has 0 N–H and O–H groups in total. The topological polar surface area (TPSA) is 49.9 Å². The van der Waals surface area contributed by atoms with Gasteiger partial charge in [0.25, 0.3) is 5.91 Å². The number of carbonyl (C=O) groups is 2. The van der Waals surface area contributed by atoms with Crippen LogP contribution in [0.2, 0.25) is 0 Å². The lowest BCUT2D eigenvalue weighted by Crippen LogP contribution is -2.57. The van der Waals surface area contributed by atoms with Gasteiger partial charge in [0.2, 0.25) is 5.91 Å². The van der Waals surface area contributed by atoms with Crippen LogP contribution < -0.4 is 9.64 Å². The molecule has 0 bridgehead atoms. The van der Waals surface area contributed by atoms with Gasteiger partial charge < -0.3 is 14.5 Å². The Bertz CT molecular complexity index is 807. The Morgan fingerprint density at radius 1 is 1.15 bits per heavy atom. The molecule has 0 aliphatic carbocycles. The summed E-state index contributed by atoms with van der Waals surface area (Å²) in [6, 6.07) is 12.1. The number of hydrogen-bond acceptors (Lipinski definition) is 3. The van der Waals surface area contributed by atoms with Crippen LogP contribution >= 0.6 is 0 Å². The molecule has 1 atom stereocenters. The van der Waals surface area contributed by atoms with Gasteiger partial charge in [-0.1, -0.05) is 12.1 Å². The van der Waals surface area contributed by atoms with E-state index in [4.69, 9.17) is 4.74 Å². The molecule has 6 heteroatoms. The number of rotatable bonds is 4. The summed E-state index contributed by atoms with van der Waals surface area (Å²) in [6.45, 7) is 4.87. The second kappa shape index (κ2) is 7.56. The van der Waals surface area contributed by atoms with E-state index < -0.39 is 11.9 Å².